The lowest BCUT2D eigenvalue weighted by Gasteiger charge is -2.25. The zero-order chi connectivity index (χ0) is 24.2. The van der Waals surface area contributed by atoms with Crippen LogP contribution in [-0.4, -0.2) is 21.7 Å². The van der Waals surface area contributed by atoms with Crippen molar-refractivity contribution in [3.05, 3.63) is 131 Å². The Morgan fingerprint density at radius 3 is 2.34 bits per heavy atom. The van der Waals surface area contributed by atoms with E-state index in [9.17, 15) is 14.7 Å². The molecule has 1 saturated heterocycles. The fourth-order valence-electron chi connectivity index (χ4n) is 4.23. The van der Waals surface area contributed by atoms with Crippen LogP contribution in [0.1, 0.15) is 28.5 Å². The molecule has 0 bridgehead atoms. The van der Waals surface area contributed by atoms with E-state index in [0.29, 0.717) is 29.2 Å². The van der Waals surface area contributed by atoms with E-state index < -0.39 is 17.7 Å². The predicted molar refractivity (Wildman–Crippen MR) is 130 cm³/mol. The van der Waals surface area contributed by atoms with Crippen molar-refractivity contribution in [2.24, 2.45) is 0 Å². The van der Waals surface area contributed by atoms with Crippen molar-refractivity contribution in [2.75, 3.05) is 0 Å². The van der Waals surface area contributed by atoms with E-state index in [0.717, 1.165) is 5.56 Å². The summed E-state index contributed by atoms with van der Waals surface area (Å²) in [5, 5.41) is 11.1. The van der Waals surface area contributed by atoms with Crippen LogP contribution in [0.5, 0.6) is 5.75 Å². The van der Waals surface area contributed by atoms with Crippen molar-refractivity contribution in [1.82, 2.24) is 4.90 Å². The molecule has 0 saturated carbocycles. The molecule has 3 aromatic carbocycles. The molecule has 1 fully saturated rings. The molecule has 1 aliphatic heterocycles. The number of aliphatic hydroxyl groups is 1. The van der Waals surface area contributed by atoms with Crippen molar-refractivity contribution in [2.45, 2.75) is 19.2 Å². The highest BCUT2D eigenvalue weighted by molar-refractivity contribution is 6.46. The lowest BCUT2D eigenvalue weighted by molar-refractivity contribution is -0.140. The maximum Gasteiger partial charge on any atom is 0.296 e. The van der Waals surface area contributed by atoms with E-state index >= 15 is 0 Å². The largest absolute Gasteiger partial charge is 0.507 e. The number of benzene rings is 3. The number of rotatable bonds is 7. The SMILES string of the molecule is O=C1C(=O)N(Cc2ccco2)C(c2cccc(OCc3ccccc3)c2)C1=C(O)c1ccccc1. The van der Waals surface area contributed by atoms with E-state index in [-0.39, 0.29) is 17.9 Å². The number of nitrogens with zero attached hydrogens (tertiary/aromatic N) is 1. The Balaban J connectivity index is 1.55. The molecule has 6 nitrogen and oxygen atoms in total. The summed E-state index contributed by atoms with van der Waals surface area (Å²) in [6.07, 6.45) is 1.52. The Hall–Kier alpha value is -4.58. The fraction of sp³-hybridized carbons (Fsp3) is 0.103. The Morgan fingerprint density at radius 2 is 1.63 bits per heavy atom. The first-order chi connectivity index (χ1) is 17.1. The Morgan fingerprint density at radius 1 is 0.886 bits per heavy atom. The van der Waals surface area contributed by atoms with E-state index in [1.54, 1.807) is 42.5 Å². The van der Waals surface area contributed by atoms with Crippen LogP contribution in [0.15, 0.2) is 113 Å². The molecular weight excluding hydrogens is 442 g/mol. The monoisotopic (exact) mass is 465 g/mol. The van der Waals surface area contributed by atoms with Gasteiger partial charge in [0.2, 0.25) is 0 Å². The van der Waals surface area contributed by atoms with Crippen LogP contribution < -0.4 is 4.74 Å². The van der Waals surface area contributed by atoms with Gasteiger partial charge in [0.05, 0.1) is 24.4 Å². The summed E-state index contributed by atoms with van der Waals surface area (Å²) in [6.45, 7) is 0.462. The molecule has 1 amide bonds. The molecule has 0 radical (unpaired) electrons. The summed E-state index contributed by atoms with van der Waals surface area (Å²) in [5.41, 5.74) is 2.17. The molecule has 5 rings (SSSR count). The maximum atomic E-state index is 13.2. The number of amides is 1. The average Bonchev–Trinajstić information content (AvgIpc) is 3.51. The fourth-order valence-corrected chi connectivity index (χ4v) is 4.23. The summed E-state index contributed by atoms with van der Waals surface area (Å²) in [6, 6.07) is 28.4. The summed E-state index contributed by atoms with van der Waals surface area (Å²) in [7, 11) is 0. The molecule has 1 aromatic heterocycles. The van der Waals surface area contributed by atoms with Gasteiger partial charge < -0.3 is 19.2 Å². The van der Waals surface area contributed by atoms with Gasteiger partial charge in [-0.25, -0.2) is 0 Å². The smallest absolute Gasteiger partial charge is 0.296 e. The van der Waals surface area contributed by atoms with E-state index in [2.05, 4.69) is 0 Å². The second-order valence-electron chi connectivity index (χ2n) is 8.22. The number of hydrogen-bond donors (Lipinski definition) is 1. The minimum absolute atomic E-state index is 0.0352. The molecule has 1 aliphatic rings. The maximum absolute atomic E-state index is 13.2. The van der Waals surface area contributed by atoms with Crippen LogP contribution in [0, 0.1) is 0 Å². The molecule has 4 aromatic rings. The average molecular weight is 466 g/mol. The van der Waals surface area contributed by atoms with Crippen molar-refractivity contribution in [1.29, 1.82) is 0 Å². The summed E-state index contributed by atoms with van der Waals surface area (Å²) >= 11 is 0. The molecule has 6 heteroatoms. The number of carbonyl (C=O) groups is 2. The minimum atomic E-state index is -0.805. The Labute approximate surface area is 202 Å². The third kappa shape index (κ3) is 4.59. The van der Waals surface area contributed by atoms with Crippen molar-refractivity contribution in [3.8, 4) is 5.75 Å². The van der Waals surface area contributed by atoms with Gasteiger partial charge in [0.25, 0.3) is 11.7 Å². The number of carbonyl (C=O) groups excluding carboxylic acids is 2. The lowest BCUT2D eigenvalue weighted by Crippen LogP contribution is -2.29. The highest BCUT2D eigenvalue weighted by Crippen LogP contribution is 2.41. The van der Waals surface area contributed by atoms with Crippen LogP contribution in [0.2, 0.25) is 0 Å². The minimum Gasteiger partial charge on any atom is -0.507 e. The normalized spacial score (nSPS) is 17.0. The summed E-state index contributed by atoms with van der Waals surface area (Å²) < 4.78 is 11.4. The first-order valence-electron chi connectivity index (χ1n) is 11.2. The van der Waals surface area contributed by atoms with E-state index in [4.69, 9.17) is 9.15 Å². The van der Waals surface area contributed by atoms with Gasteiger partial charge in [-0.2, -0.15) is 0 Å². The van der Waals surface area contributed by atoms with E-state index in [1.165, 1.54) is 11.2 Å². The van der Waals surface area contributed by atoms with Crippen molar-refractivity contribution < 1.29 is 23.8 Å². The molecule has 0 aliphatic carbocycles. The molecule has 1 N–H and O–H groups in total. The van der Waals surface area contributed by atoms with Crippen LogP contribution >= 0.6 is 0 Å². The summed E-state index contributed by atoms with van der Waals surface area (Å²) in [4.78, 5) is 27.7. The van der Waals surface area contributed by atoms with Gasteiger partial charge in [-0.3, -0.25) is 9.59 Å². The van der Waals surface area contributed by atoms with Gasteiger partial charge in [-0.15, -0.1) is 0 Å². The first kappa shape index (κ1) is 22.2. The number of ether oxygens (including phenoxy) is 1. The highest BCUT2D eigenvalue weighted by atomic mass is 16.5. The Bertz CT molecular complexity index is 1360. The molecule has 1 atom stereocenters. The van der Waals surface area contributed by atoms with Gasteiger partial charge in [0.15, 0.2) is 0 Å². The van der Waals surface area contributed by atoms with Crippen LogP contribution in [0.4, 0.5) is 0 Å². The highest BCUT2D eigenvalue weighted by Gasteiger charge is 2.46. The third-order valence-corrected chi connectivity index (χ3v) is 5.92. The van der Waals surface area contributed by atoms with Gasteiger partial charge in [0, 0.05) is 5.56 Å². The zero-order valence-corrected chi connectivity index (χ0v) is 18.8. The molecule has 1 unspecified atom stereocenters. The van der Waals surface area contributed by atoms with Crippen LogP contribution in [0.25, 0.3) is 5.76 Å². The number of ketones is 1. The number of Topliss-reactive ketones (excluding diaryl/α,β-unsaturated/α-hetero) is 1. The van der Waals surface area contributed by atoms with Crippen molar-refractivity contribution >= 4 is 17.4 Å². The standard InChI is InChI=1S/C29H23NO5/c31-27(21-11-5-2-6-12-21)25-26(30(29(33)28(25)32)18-24-15-8-16-34-24)22-13-7-14-23(17-22)35-19-20-9-3-1-4-10-20/h1-17,26,31H,18-19H2. The molecule has 2 heterocycles. The van der Waals surface area contributed by atoms with Gasteiger partial charge >= 0.3 is 0 Å². The number of furan rings is 1. The van der Waals surface area contributed by atoms with Crippen LogP contribution in [0.3, 0.4) is 0 Å². The third-order valence-electron chi connectivity index (χ3n) is 5.92. The quantitative estimate of drug-likeness (QED) is 0.222. The topological polar surface area (TPSA) is 80.0 Å². The van der Waals surface area contributed by atoms with Gasteiger partial charge in [0.1, 0.15) is 23.9 Å². The second-order valence-corrected chi connectivity index (χ2v) is 8.22. The van der Waals surface area contributed by atoms with Crippen molar-refractivity contribution in [3.63, 3.8) is 0 Å². The van der Waals surface area contributed by atoms with E-state index in [1.807, 2.05) is 54.6 Å². The zero-order valence-electron chi connectivity index (χ0n) is 18.8. The Kier molecular flexibility index (Phi) is 6.18. The first-order valence-corrected chi connectivity index (χ1v) is 11.2. The second kappa shape index (κ2) is 9.73. The van der Waals surface area contributed by atoms with Gasteiger partial charge in [-0.1, -0.05) is 72.8 Å². The number of likely N-dealkylation sites (tertiary alicyclic amines) is 1. The lowest BCUT2D eigenvalue weighted by atomic mass is 9.95. The molecular formula is C29H23NO5. The molecule has 35 heavy (non-hydrogen) atoms. The molecule has 174 valence electrons. The van der Waals surface area contributed by atoms with Crippen LogP contribution in [-0.2, 0) is 22.7 Å². The molecule has 0 spiro atoms. The predicted octanol–water partition coefficient (Wildman–Crippen LogP) is 5.48. The summed E-state index contributed by atoms with van der Waals surface area (Å²) in [5.74, 6) is -0.521. The number of aliphatic hydroxyl groups excluding tert-OH is 1. The van der Waals surface area contributed by atoms with Gasteiger partial charge in [-0.05, 0) is 35.4 Å². The number of hydrogen-bond acceptors (Lipinski definition) is 5.